The van der Waals surface area contributed by atoms with Crippen LogP contribution in [0.1, 0.15) is 11.1 Å². The number of benzene rings is 3. The maximum Gasteiger partial charge on any atom is 0.123 e. The van der Waals surface area contributed by atoms with Gasteiger partial charge in [0.1, 0.15) is 18.2 Å². The van der Waals surface area contributed by atoms with E-state index in [0.29, 0.717) is 13.2 Å². The maximum atomic E-state index is 12.8. The Morgan fingerprint density at radius 2 is 1.52 bits per heavy atom. The molecular weight excluding hydrogens is 313 g/mol. The van der Waals surface area contributed by atoms with Gasteiger partial charge in [-0.3, -0.25) is 0 Å². The zero-order valence-electron chi connectivity index (χ0n) is 13.9. The van der Waals surface area contributed by atoms with E-state index in [4.69, 9.17) is 4.74 Å². The molecule has 0 aliphatic heterocycles. The minimum Gasteiger partial charge on any atom is -0.492 e. The fraction of sp³-hybridized carbons (Fsp3) is 0.0909. The van der Waals surface area contributed by atoms with Crippen molar-refractivity contribution in [2.24, 2.45) is 0 Å². The summed E-state index contributed by atoms with van der Waals surface area (Å²) in [5, 5.41) is 3.20. The van der Waals surface area contributed by atoms with Crippen molar-refractivity contribution in [1.82, 2.24) is 0 Å². The molecule has 0 saturated heterocycles. The molecule has 0 aliphatic carbocycles. The molecule has 0 radical (unpaired) electrons. The smallest absolute Gasteiger partial charge is 0.123 e. The van der Waals surface area contributed by atoms with Gasteiger partial charge in [-0.25, -0.2) is 4.39 Å². The number of hydrogen-bond acceptors (Lipinski definition) is 2. The van der Waals surface area contributed by atoms with Gasteiger partial charge in [-0.1, -0.05) is 54.6 Å². The van der Waals surface area contributed by atoms with E-state index in [0.717, 1.165) is 22.6 Å². The van der Waals surface area contributed by atoms with E-state index in [9.17, 15) is 4.39 Å². The zero-order valence-corrected chi connectivity index (χ0v) is 13.9. The Balaban J connectivity index is 1.50. The number of ether oxygens (including phenoxy) is 1. The minimum atomic E-state index is -0.234. The van der Waals surface area contributed by atoms with Crippen LogP contribution in [0.4, 0.5) is 10.1 Å². The molecule has 126 valence electrons. The third-order valence-electron chi connectivity index (χ3n) is 3.67. The number of hydrogen-bond donors (Lipinski definition) is 1. The van der Waals surface area contributed by atoms with Gasteiger partial charge in [0.15, 0.2) is 0 Å². The summed E-state index contributed by atoms with van der Waals surface area (Å²) in [6.45, 7) is 1.18. The van der Waals surface area contributed by atoms with E-state index >= 15 is 0 Å². The van der Waals surface area contributed by atoms with Crippen LogP contribution in [0.2, 0.25) is 0 Å². The van der Waals surface area contributed by atoms with Crippen molar-refractivity contribution in [1.29, 1.82) is 0 Å². The molecule has 0 unspecified atom stereocenters. The Morgan fingerprint density at radius 1 is 0.800 bits per heavy atom. The van der Waals surface area contributed by atoms with E-state index in [1.807, 2.05) is 42.5 Å². The second-order valence-electron chi connectivity index (χ2n) is 5.60. The molecule has 3 rings (SSSR count). The average Bonchev–Trinajstić information content (AvgIpc) is 2.66. The fourth-order valence-corrected chi connectivity index (χ4v) is 2.40. The van der Waals surface area contributed by atoms with Gasteiger partial charge in [0.2, 0.25) is 0 Å². The van der Waals surface area contributed by atoms with Crippen molar-refractivity contribution in [2.45, 2.75) is 0 Å². The predicted octanol–water partition coefficient (Wildman–Crippen LogP) is 5.49. The van der Waals surface area contributed by atoms with Gasteiger partial charge in [-0.2, -0.15) is 0 Å². The summed E-state index contributed by atoms with van der Waals surface area (Å²) >= 11 is 0. The molecule has 3 aromatic carbocycles. The highest BCUT2D eigenvalue weighted by atomic mass is 19.1. The lowest BCUT2D eigenvalue weighted by atomic mass is 10.1. The number of rotatable bonds is 7. The summed E-state index contributed by atoms with van der Waals surface area (Å²) < 4.78 is 18.6. The average molecular weight is 333 g/mol. The van der Waals surface area contributed by atoms with Gasteiger partial charge in [-0.05, 0) is 47.5 Å². The summed E-state index contributed by atoms with van der Waals surface area (Å²) in [7, 11) is 0. The molecule has 0 amide bonds. The van der Waals surface area contributed by atoms with Crippen LogP contribution in [-0.2, 0) is 0 Å². The SMILES string of the molecule is Fc1ccc(NCCOc2cccc(C=Cc3ccccc3)c2)cc1. The Morgan fingerprint density at radius 3 is 2.32 bits per heavy atom. The minimum absolute atomic E-state index is 0.234. The van der Waals surface area contributed by atoms with E-state index in [2.05, 4.69) is 29.6 Å². The lowest BCUT2D eigenvalue weighted by Gasteiger charge is -2.09. The summed E-state index contributed by atoms with van der Waals surface area (Å²) in [4.78, 5) is 0. The molecule has 0 atom stereocenters. The summed E-state index contributed by atoms with van der Waals surface area (Å²) in [6, 6.07) is 24.5. The van der Waals surface area contributed by atoms with Crippen molar-refractivity contribution < 1.29 is 9.13 Å². The third-order valence-corrected chi connectivity index (χ3v) is 3.67. The molecule has 0 spiro atoms. The normalized spacial score (nSPS) is 10.8. The van der Waals surface area contributed by atoms with Gasteiger partial charge >= 0.3 is 0 Å². The van der Waals surface area contributed by atoms with Crippen LogP contribution in [0.5, 0.6) is 5.75 Å². The number of halogens is 1. The Kier molecular flexibility index (Phi) is 5.83. The first kappa shape index (κ1) is 16.8. The fourth-order valence-electron chi connectivity index (χ4n) is 2.40. The highest BCUT2D eigenvalue weighted by Crippen LogP contribution is 2.16. The van der Waals surface area contributed by atoms with Crippen molar-refractivity contribution in [3.05, 3.63) is 95.8 Å². The molecule has 2 nitrogen and oxygen atoms in total. The topological polar surface area (TPSA) is 21.3 Å². The molecule has 0 aromatic heterocycles. The van der Waals surface area contributed by atoms with E-state index in [1.165, 1.54) is 12.1 Å². The second-order valence-corrected chi connectivity index (χ2v) is 5.60. The maximum absolute atomic E-state index is 12.8. The third kappa shape index (κ3) is 5.50. The lowest BCUT2D eigenvalue weighted by molar-refractivity contribution is 0.333. The molecule has 0 heterocycles. The highest BCUT2D eigenvalue weighted by Gasteiger charge is 1.96. The van der Waals surface area contributed by atoms with Gasteiger partial charge in [-0.15, -0.1) is 0 Å². The van der Waals surface area contributed by atoms with Crippen LogP contribution in [0.3, 0.4) is 0 Å². The second kappa shape index (κ2) is 8.69. The van der Waals surface area contributed by atoms with E-state index in [-0.39, 0.29) is 5.82 Å². The Bertz CT molecular complexity index is 813. The lowest BCUT2D eigenvalue weighted by Crippen LogP contribution is -2.11. The molecular formula is C22H20FNO. The zero-order chi connectivity index (χ0) is 17.3. The highest BCUT2D eigenvalue weighted by molar-refractivity contribution is 5.70. The quantitative estimate of drug-likeness (QED) is 0.456. The largest absolute Gasteiger partial charge is 0.492 e. The van der Waals surface area contributed by atoms with Crippen LogP contribution < -0.4 is 10.1 Å². The van der Waals surface area contributed by atoms with E-state index < -0.39 is 0 Å². The standard InChI is InChI=1S/C22H20FNO/c23-20-11-13-21(14-12-20)24-15-16-25-22-8-4-7-19(17-22)10-9-18-5-2-1-3-6-18/h1-14,17,24H,15-16H2. The van der Waals surface area contributed by atoms with Crippen LogP contribution in [0.15, 0.2) is 78.9 Å². The van der Waals surface area contributed by atoms with Crippen LogP contribution in [0, 0.1) is 5.82 Å². The van der Waals surface area contributed by atoms with E-state index in [1.54, 1.807) is 12.1 Å². The van der Waals surface area contributed by atoms with Gasteiger partial charge in [0.25, 0.3) is 0 Å². The molecule has 0 saturated carbocycles. The first-order valence-electron chi connectivity index (χ1n) is 8.25. The molecule has 0 fully saturated rings. The Labute approximate surface area is 147 Å². The first-order chi connectivity index (χ1) is 12.3. The summed E-state index contributed by atoms with van der Waals surface area (Å²) in [5.41, 5.74) is 3.13. The van der Waals surface area contributed by atoms with Gasteiger partial charge in [0.05, 0.1) is 0 Å². The van der Waals surface area contributed by atoms with Crippen LogP contribution in [-0.4, -0.2) is 13.2 Å². The first-order valence-corrected chi connectivity index (χ1v) is 8.25. The molecule has 3 heteroatoms. The predicted molar refractivity (Wildman–Crippen MR) is 102 cm³/mol. The van der Waals surface area contributed by atoms with Gasteiger partial charge < -0.3 is 10.1 Å². The monoisotopic (exact) mass is 333 g/mol. The van der Waals surface area contributed by atoms with Crippen molar-refractivity contribution >= 4 is 17.8 Å². The van der Waals surface area contributed by atoms with Crippen molar-refractivity contribution in [3.63, 3.8) is 0 Å². The number of nitrogens with one attached hydrogen (secondary N) is 1. The Hall–Kier alpha value is -3.07. The summed E-state index contributed by atoms with van der Waals surface area (Å²) in [5.74, 6) is 0.596. The molecule has 25 heavy (non-hydrogen) atoms. The van der Waals surface area contributed by atoms with Crippen LogP contribution in [0.25, 0.3) is 12.2 Å². The van der Waals surface area contributed by atoms with Crippen LogP contribution >= 0.6 is 0 Å². The molecule has 0 bridgehead atoms. The molecule has 0 aliphatic rings. The van der Waals surface area contributed by atoms with Crippen molar-refractivity contribution in [2.75, 3.05) is 18.5 Å². The van der Waals surface area contributed by atoms with Crippen molar-refractivity contribution in [3.8, 4) is 5.75 Å². The molecule has 1 N–H and O–H groups in total. The summed E-state index contributed by atoms with van der Waals surface area (Å²) in [6.07, 6.45) is 4.15. The molecule has 3 aromatic rings. The van der Waals surface area contributed by atoms with Gasteiger partial charge in [0, 0.05) is 12.2 Å². The number of anilines is 1.